The lowest BCUT2D eigenvalue weighted by Crippen LogP contribution is -2.33. The first-order valence-corrected chi connectivity index (χ1v) is 8.06. The average molecular weight is 292 g/mol. The van der Waals surface area contributed by atoms with Crippen molar-refractivity contribution in [3.05, 3.63) is 29.3 Å². The van der Waals surface area contributed by atoms with E-state index in [1.54, 1.807) is 0 Å². The standard InChI is InChI=1S/C15H20N2O2S/c1-9(16-15(19)10(2)20-3)11-4-6-13-12(8-11)5-7-14(18)17-13/h4,6,8-10H,5,7H2,1-3H3,(H,16,19)(H,17,18)/t9-,10+/m1/s1. The molecule has 0 saturated heterocycles. The number of carbonyl (C=O) groups excluding carboxylic acids is 2. The molecule has 2 amide bonds. The van der Waals surface area contributed by atoms with E-state index in [0.717, 1.165) is 23.2 Å². The Balaban J connectivity index is 2.09. The Morgan fingerprint density at radius 3 is 2.80 bits per heavy atom. The topological polar surface area (TPSA) is 58.2 Å². The maximum atomic E-state index is 11.9. The Kier molecular flexibility index (Phi) is 4.70. The maximum absolute atomic E-state index is 11.9. The van der Waals surface area contributed by atoms with Gasteiger partial charge in [0.2, 0.25) is 11.8 Å². The van der Waals surface area contributed by atoms with Gasteiger partial charge in [-0.2, -0.15) is 11.8 Å². The van der Waals surface area contributed by atoms with Gasteiger partial charge in [0.25, 0.3) is 0 Å². The smallest absolute Gasteiger partial charge is 0.233 e. The molecule has 20 heavy (non-hydrogen) atoms. The first kappa shape index (κ1) is 14.9. The average Bonchev–Trinajstić information content (AvgIpc) is 2.45. The zero-order valence-electron chi connectivity index (χ0n) is 12.0. The van der Waals surface area contributed by atoms with Gasteiger partial charge in [0.1, 0.15) is 0 Å². The van der Waals surface area contributed by atoms with E-state index in [-0.39, 0.29) is 23.1 Å². The van der Waals surface area contributed by atoms with E-state index in [4.69, 9.17) is 0 Å². The summed E-state index contributed by atoms with van der Waals surface area (Å²) >= 11 is 1.53. The van der Waals surface area contributed by atoms with E-state index in [0.29, 0.717) is 6.42 Å². The molecule has 0 bridgehead atoms. The molecular weight excluding hydrogens is 272 g/mol. The Bertz CT molecular complexity index is 531. The summed E-state index contributed by atoms with van der Waals surface area (Å²) in [7, 11) is 0. The van der Waals surface area contributed by atoms with Gasteiger partial charge < -0.3 is 10.6 Å². The number of hydrogen-bond acceptors (Lipinski definition) is 3. The highest BCUT2D eigenvalue weighted by atomic mass is 32.2. The van der Waals surface area contributed by atoms with E-state index in [9.17, 15) is 9.59 Å². The van der Waals surface area contributed by atoms with Crippen LogP contribution in [0, 0.1) is 0 Å². The molecule has 4 nitrogen and oxygen atoms in total. The molecule has 2 N–H and O–H groups in total. The Morgan fingerprint density at radius 2 is 2.10 bits per heavy atom. The van der Waals surface area contributed by atoms with Crippen molar-refractivity contribution in [2.75, 3.05) is 11.6 Å². The molecule has 0 radical (unpaired) electrons. The molecule has 1 aliphatic heterocycles. The van der Waals surface area contributed by atoms with Gasteiger partial charge in [0.15, 0.2) is 0 Å². The minimum Gasteiger partial charge on any atom is -0.349 e. The number of carbonyl (C=O) groups is 2. The number of aryl methyl sites for hydroxylation is 1. The van der Waals surface area contributed by atoms with Gasteiger partial charge >= 0.3 is 0 Å². The SMILES string of the molecule is CS[C@@H](C)C(=O)N[C@H](C)c1ccc2c(c1)CCC(=O)N2. The molecule has 0 unspecified atom stereocenters. The van der Waals surface area contributed by atoms with E-state index in [1.807, 2.05) is 32.2 Å². The third kappa shape index (κ3) is 3.33. The molecule has 0 aliphatic carbocycles. The maximum Gasteiger partial charge on any atom is 0.233 e. The van der Waals surface area contributed by atoms with Gasteiger partial charge in [-0.1, -0.05) is 12.1 Å². The summed E-state index contributed by atoms with van der Waals surface area (Å²) in [5, 5.41) is 5.83. The predicted octanol–water partition coefficient (Wildman–Crippen LogP) is 2.50. The minimum atomic E-state index is -0.0469. The Hall–Kier alpha value is -1.49. The summed E-state index contributed by atoms with van der Waals surface area (Å²) < 4.78 is 0. The molecule has 0 fully saturated rings. The van der Waals surface area contributed by atoms with Crippen molar-refractivity contribution >= 4 is 29.3 Å². The van der Waals surface area contributed by atoms with Crippen LogP contribution in [0.25, 0.3) is 0 Å². The normalized spacial score (nSPS) is 16.9. The van der Waals surface area contributed by atoms with Crippen molar-refractivity contribution in [1.82, 2.24) is 5.32 Å². The number of amides is 2. The number of rotatable bonds is 4. The van der Waals surface area contributed by atoms with Crippen LogP contribution in [0.4, 0.5) is 5.69 Å². The van der Waals surface area contributed by atoms with Crippen LogP contribution < -0.4 is 10.6 Å². The fourth-order valence-corrected chi connectivity index (χ4v) is 2.48. The molecule has 0 aromatic heterocycles. The third-order valence-electron chi connectivity index (χ3n) is 3.61. The largest absolute Gasteiger partial charge is 0.349 e. The number of thioether (sulfide) groups is 1. The van der Waals surface area contributed by atoms with Crippen LogP contribution in [-0.2, 0) is 16.0 Å². The number of nitrogens with one attached hydrogen (secondary N) is 2. The van der Waals surface area contributed by atoms with Gasteiger partial charge in [-0.15, -0.1) is 0 Å². The van der Waals surface area contributed by atoms with Crippen molar-refractivity contribution in [1.29, 1.82) is 0 Å². The highest BCUT2D eigenvalue weighted by Gasteiger charge is 2.18. The van der Waals surface area contributed by atoms with Crippen molar-refractivity contribution in [2.24, 2.45) is 0 Å². The van der Waals surface area contributed by atoms with Crippen LogP contribution >= 0.6 is 11.8 Å². The Labute approximate surface area is 123 Å². The summed E-state index contributed by atoms with van der Waals surface area (Å²) in [5.74, 6) is 0.122. The second kappa shape index (κ2) is 6.31. The molecule has 5 heteroatoms. The molecule has 1 heterocycles. The van der Waals surface area contributed by atoms with Crippen LogP contribution in [0.15, 0.2) is 18.2 Å². The first-order valence-electron chi connectivity index (χ1n) is 6.77. The highest BCUT2D eigenvalue weighted by Crippen LogP contribution is 2.26. The number of fused-ring (bicyclic) bond motifs is 1. The van der Waals surface area contributed by atoms with Gasteiger partial charge in [-0.3, -0.25) is 9.59 Å². The molecule has 2 rings (SSSR count). The van der Waals surface area contributed by atoms with Crippen LogP contribution in [0.3, 0.4) is 0 Å². The zero-order chi connectivity index (χ0) is 14.7. The quantitative estimate of drug-likeness (QED) is 0.896. The van der Waals surface area contributed by atoms with Gasteiger partial charge in [0.05, 0.1) is 11.3 Å². The van der Waals surface area contributed by atoms with E-state index < -0.39 is 0 Å². The van der Waals surface area contributed by atoms with Gasteiger partial charge in [-0.25, -0.2) is 0 Å². The first-order chi connectivity index (χ1) is 9.51. The molecule has 1 aromatic rings. The van der Waals surface area contributed by atoms with Crippen LogP contribution in [0.1, 0.15) is 37.4 Å². The second-order valence-electron chi connectivity index (χ2n) is 5.07. The molecular formula is C15H20N2O2S. The molecule has 108 valence electrons. The number of benzene rings is 1. The summed E-state index contributed by atoms with van der Waals surface area (Å²) in [4.78, 5) is 23.2. The summed E-state index contributed by atoms with van der Waals surface area (Å²) in [6.45, 7) is 3.88. The summed E-state index contributed by atoms with van der Waals surface area (Å²) in [6.07, 6.45) is 3.22. The van der Waals surface area contributed by atoms with Crippen LogP contribution in [-0.4, -0.2) is 23.3 Å². The van der Waals surface area contributed by atoms with E-state index in [2.05, 4.69) is 16.7 Å². The van der Waals surface area contributed by atoms with E-state index in [1.165, 1.54) is 11.8 Å². The highest BCUT2D eigenvalue weighted by molar-refractivity contribution is 7.99. The van der Waals surface area contributed by atoms with Crippen molar-refractivity contribution in [3.63, 3.8) is 0 Å². The fourth-order valence-electron chi connectivity index (χ4n) is 2.19. The predicted molar refractivity (Wildman–Crippen MR) is 82.9 cm³/mol. The van der Waals surface area contributed by atoms with Crippen molar-refractivity contribution < 1.29 is 9.59 Å². The molecule has 0 saturated carbocycles. The summed E-state index contributed by atoms with van der Waals surface area (Å²) in [6, 6.07) is 5.92. The second-order valence-corrected chi connectivity index (χ2v) is 6.25. The van der Waals surface area contributed by atoms with Gasteiger partial charge in [0, 0.05) is 12.1 Å². The summed E-state index contributed by atoms with van der Waals surface area (Å²) in [5.41, 5.74) is 3.10. The number of hydrogen-bond donors (Lipinski definition) is 2. The molecule has 1 aromatic carbocycles. The molecule has 0 spiro atoms. The minimum absolute atomic E-state index is 0.0278. The molecule has 2 atom stereocenters. The third-order valence-corrected chi connectivity index (χ3v) is 4.53. The lowest BCUT2D eigenvalue weighted by atomic mass is 9.98. The fraction of sp³-hybridized carbons (Fsp3) is 0.467. The monoisotopic (exact) mass is 292 g/mol. The number of anilines is 1. The lowest BCUT2D eigenvalue weighted by Gasteiger charge is -2.21. The zero-order valence-corrected chi connectivity index (χ0v) is 12.8. The molecule has 1 aliphatic rings. The Morgan fingerprint density at radius 1 is 1.35 bits per heavy atom. The van der Waals surface area contributed by atoms with Crippen LogP contribution in [0.2, 0.25) is 0 Å². The van der Waals surface area contributed by atoms with Gasteiger partial charge in [-0.05, 0) is 43.7 Å². The van der Waals surface area contributed by atoms with Crippen LogP contribution in [0.5, 0.6) is 0 Å². The van der Waals surface area contributed by atoms with Crippen molar-refractivity contribution in [2.45, 2.75) is 38.0 Å². The lowest BCUT2D eigenvalue weighted by molar-refractivity contribution is -0.121. The van der Waals surface area contributed by atoms with E-state index >= 15 is 0 Å². The van der Waals surface area contributed by atoms with Crippen molar-refractivity contribution in [3.8, 4) is 0 Å².